The highest BCUT2D eigenvalue weighted by molar-refractivity contribution is 7.10. The summed E-state index contributed by atoms with van der Waals surface area (Å²) in [5.41, 5.74) is 0. The van der Waals surface area contributed by atoms with Gasteiger partial charge < -0.3 is 5.32 Å². The lowest BCUT2D eigenvalue weighted by Crippen LogP contribution is -2.50. The lowest BCUT2D eigenvalue weighted by Gasteiger charge is -2.43. The average molecular weight is 278 g/mol. The zero-order valence-corrected chi connectivity index (χ0v) is 13.0. The molecule has 19 heavy (non-hydrogen) atoms. The average Bonchev–Trinajstić information content (AvgIpc) is 3.00. The Morgan fingerprint density at radius 1 is 1.32 bits per heavy atom. The van der Waals surface area contributed by atoms with Crippen molar-refractivity contribution in [1.29, 1.82) is 0 Å². The van der Waals surface area contributed by atoms with Crippen molar-refractivity contribution in [2.45, 2.75) is 70.1 Å². The van der Waals surface area contributed by atoms with Crippen LogP contribution in [0.4, 0.5) is 0 Å². The van der Waals surface area contributed by atoms with Gasteiger partial charge in [0.2, 0.25) is 0 Å². The molecule has 2 bridgehead atoms. The van der Waals surface area contributed by atoms with Gasteiger partial charge in [-0.25, -0.2) is 0 Å². The Hall–Kier alpha value is -0.380. The summed E-state index contributed by atoms with van der Waals surface area (Å²) in [4.78, 5) is 4.43. The van der Waals surface area contributed by atoms with Crippen LogP contribution in [0.15, 0.2) is 17.5 Å². The number of hydrogen-bond donors (Lipinski definition) is 1. The van der Waals surface area contributed by atoms with Gasteiger partial charge in [-0.15, -0.1) is 11.3 Å². The van der Waals surface area contributed by atoms with Crippen LogP contribution in [0.25, 0.3) is 0 Å². The fraction of sp³-hybridized carbons (Fsp3) is 0.750. The molecular weight excluding hydrogens is 252 g/mol. The molecule has 3 atom stereocenters. The first-order chi connectivity index (χ1) is 9.33. The molecule has 3 rings (SSSR count). The van der Waals surface area contributed by atoms with E-state index in [1.165, 1.54) is 32.1 Å². The van der Waals surface area contributed by atoms with Gasteiger partial charge >= 0.3 is 0 Å². The van der Waals surface area contributed by atoms with E-state index in [-0.39, 0.29) is 0 Å². The lowest BCUT2D eigenvalue weighted by molar-refractivity contribution is 0.0690. The molecule has 2 nitrogen and oxygen atoms in total. The monoisotopic (exact) mass is 278 g/mol. The lowest BCUT2D eigenvalue weighted by atomic mass is 9.94. The predicted molar refractivity (Wildman–Crippen MR) is 82.7 cm³/mol. The van der Waals surface area contributed by atoms with Crippen LogP contribution in [0.2, 0.25) is 0 Å². The zero-order valence-electron chi connectivity index (χ0n) is 12.1. The summed E-state index contributed by atoms with van der Waals surface area (Å²) >= 11 is 1.93. The van der Waals surface area contributed by atoms with Crippen molar-refractivity contribution in [2.24, 2.45) is 0 Å². The quantitative estimate of drug-likeness (QED) is 0.881. The first-order valence-electron chi connectivity index (χ1n) is 7.87. The van der Waals surface area contributed by atoms with Crippen LogP contribution in [0.5, 0.6) is 0 Å². The van der Waals surface area contributed by atoms with Crippen LogP contribution in [-0.2, 0) is 0 Å². The van der Waals surface area contributed by atoms with E-state index >= 15 is 0 Å². The smallest absolute Gasteiger partial charge is 0.0444 e. The number of piperidine rings is 1. The molecule has 0 spiro atoms. The summed E-state index contributed by atoms with van der Waals surface area (Å²) in [7, 11) is 0. The molecule has 3 heteroatoms. The van der Waals surface area contributed by atoms with Gasteiger partial charge in [0.1, 0.15) is 0 Å². The maximum absolute atomic E-state index is 3.67. The summed E-state index contributed by atoms with van der Waals surface area (Å²) in [6.45, 7) is 5.70. The summed E-state index contributed by atoms with van der Waals surface area (Å²) < 4.78 is 0. The fourth-order valence-electron chi connectivity index (χ4n) is 4.22. The molecule has 2 aliphatic heterocycles. The second kappa shape index (κ2) is 5.94. The number of fused-ring (bicyclic) bond motifs is 2. The van der Waals surface area contributed by atoms with Crippen LogP contribution < -0.4 is 5.32 Å². The molecule has 0 aliphatic carbocycles. The van der Waals surface area contributed by atoms with Gasteiger partial charge in [-0.3, -0.25) is 4.90 Å². The van der Waals surface area contributed by atoms with Crippen LogP contribution in [0, 0.1) is 0 Å². The van der Waals surface area contributed by atoms with Crippen molar-refractivity contribution in [3.63, 3.8) is 0 Å². The fourth-order valence-corrected chi connectivity index (χ4v) is 5.13. The molecule has 3 heterocycles. The van der Waals surface area contributed by atoms with Crippen molar-refractivity contribution in [2.75, 3.05) is 6.54 Å². The molecule has 1 aromatic rings. The van der Waals surface area contributed by atoms with Crippen LogP contribution in [0.1, 0.15) is 56.9 Å². The summed E-state index contributed by atoms with van der Waals surface area (Å²) in [6.07, 6.45) is 6.78. The van der Waals surface area contributed by atoms with E-state index < -0.39 is 0 Å². The highest BCUT2D eigenvalue weighted by Crippen LogP contribution is 2.43. The Kier molecular flexibility index (Phi) is 4.25. The third kappa shape index (κ3) is 2.61. The number of hydrogen-bond acceptors (Lipinski definition) is 3. The number of nitrogens with one attached hydrogen (secondary N) is 1. The standard InChI is InChI=1S/C16H26N2S/c1-3-15(16-6-5-9-19-16)18-13-7-8-14(18)11-12(10-13)17-4-2/h5-6,9,12-15,17H,3-4,7-8,10-11H2,1-2H3. The van der Waals surface area contributed by atoms with E-state index in [1.54, 1.807) is 4.88 Å². The largest absolute Gasteiger partial charge is 0.314 e. The first kappa shape index (κ1) is 13.6. The summed E-state index contributed by atoms with van der Waals surface area (Å²) in [5, 5.41) is 5.90. The number of nitrogens with zero attached hydrogens (tertiary/aromatic N) is 1. The normalized spacial score (nSPS) is 32.6. The maximum atomic E-state index is 3.67. The zero-order chi connectivity index (χ0) is 13.2. The van der Waals surface area contributed by atoms with Crippen molar-refractivity contribution in [3.05, 3.63) is 22.4 Å². The molecular formula is C16H26N2S. The van der Waals surface area contributed by atoms with Gasteiger partial charge in [-0.2, -0.15) is 0 Å². The van der Waals surface area contributed by atoms with Crippen molar-refractivity contribution >= 4 is 11.3 Å². The SMILES string of the molecule is CCNC1CC2CCC(C1)N2C(CC)c1cccs1. The molecule has 106 valence electrons. The van der Waals surface area contributed by atoms with Gasteiger partial charge in [0.25, 0.3) is 0 Å². The Morgan fingerprint density at radius 2 is 2.05 bits per heavy atom. The Labute approximate surface area is 121 Å². The number of rotatable bonds is 5. The Balaban J connectivity index is 1.75. The Morgan fingerprint density at radius 3 is 2.58 bits per heavy atom. The molecule has 2 aliphatic rings. The van der Waals surface area contributed by atoms with E-state index in [0.717, 1.165) is 24.7 Å². The van der Waals surface area contributed by atoms with Gasteiger partial charge in [-0.1, -0.05) is 19.9 Å². The molecule has 2 saturated heterocycles. The molecule has 2 fully saturated rings. The van der Waals surface area contributed by atoms with Crippen LogP contribution >= 0.6 is 11.3 Å². The van der Waals surface area contributed by atoms with Gasteiger partial charge in [0.15, 0.2) is 0 Å². The van der Waals surface area contributed by atoms with Crippen molar-refractivity contribution in [1.82, 2.24) is 10.2 Å². The molecule has 0 saturated carbocycles. The van der Waals surface area contributed by atoms with E-state index in [1.807, 2.05) is 11.3 Å². The van der Waals surface area contributed by atoms with Crippen LogP contribution in [-0.4, -0.2) is 29.6 Å². The van der Waals surface area contributed by atoms with Gasteiger partial charge in [0.05, 0.1) is 0 Å². The predicted octanol–water partition coefficient (Wildman–Crippen LogP) is 3.80. The third-order valence-corrected chi connectivity index (χ3v) is 5.87. The minimum Gasteiger partial charge on any atom is -0.314 e. The highest BCUT2D eigenvalue weighted by atomic mass is 32.1. The molecule has 0 amide bonds. The van der Waals surface area contributed by atoms with Crippen molar-refractivity contribution in [3.8, 4) is 0 Å². The Bertz CT molecular complexity index is 375. The molecule has 0 radical (unpaired) electrons. The molecule has 3 unspecified atom stereocenters. The summed E-state index contributed by atoms with van der Waals surface area (Å²) in [6, 6.07) is 7.59. The second-order valence-corrected chi connectivity index (χ2v) is 6.98. The topological polar surface area (TPSA) is 15.3 Å². The first-order valence-corrected chi connectivity index (χ1v) is 8.75. The minimum atomic E-state index is 0.667. The van der Waals surface area contributed by atoms with Gasteiger partial charge in [-0.05, 0) is 50.1 Å². The number of thiophene rings is 1. The van der Waals surface area contributed by atoms with Crippen molar-refractivity contribution < 1.29 is 0 Å². The van der Waals surface area contributed by atoms with Gasteiger partial charge in [0, 0.05) is 29.0 Å². The van der Waals surface area contributed by atoms with E-state index in [0.29, 0.717) is 6.04 Å². The molecule has 0 aromatic carbocycles. The molecule has 1 N–H and O–H groups in total. The van der Waals surface area contributed by atoms with E-state index in [9.17, 15) is 0 Å². The van der Waals surface area contributed by atoms with Crippen LogP contribution in [0.3, 0.4) is 0 Å². The summed E-state index contributed by atoms with van der Waals surface area (Å²) in [5.74, 6) is 0. The molecule has 1 aromatic heterocycles. The van der Waals surface area contributed by atoms with E-state index in [2.05, 4.69) is 41.6 Å². The highest BCUT2D eigenvalue weighted by Gasteiger charge is 2.43. The maximum Gasteiger partial charge on any atom is 0.0444 e. The van der Waals surface area contributed by atoms with E-state index in [4.69, 9.17) is 0 Å². The third-order valence-electron chi connectivity index (χ3n) is 4.90. The second-order valence-electron chi connectivity index (χ2n) is 6.00. The minimum absolute atomic E-state index is 0.667.